The minimum atomic E-state index is -1.000. The molecule has 0 bridgehead atoms. The Morgan fingerprint density at radius 2 is 1.97 bits per heavy atom. The van der Waals surface area contributed by atoms with E-state index in [0.29, 0.717) is 12.1 Å². The van der Waals surface area contributed by atoms with Crippen molar-refractivity contribution in [2.45, 2.75) is 25.8 Å². The van der Waals surface area contributed by atoms with Gasteiger partial charge < -0.3 is 10.2 Å². The van der Waals surface area contributed by atoms with E-state index in [0.717, 1.165) is 12.1 Å². The summed E-state index contributed by atoms with van der Waals surface area (Å²) in [6, 6.07) is 8.37. The normalized spacial score (nSPS) is 17.4. The Labute approximate surface area is 195 Å². The Morgan fingerprint density at radius 3 is 2.62 bits per heavy atom. The number of hydrogen-bond acceptors (Lipinski definition) is 4. The number of benzene rings is 2. The van der Waals surface area contributed by atoms with Gasteiger partial charge in [0.2, 0.25) is 5.91 Å². The summed E-state index contributed by atoms with van der Waals surface area (Å²) in [4.78, 5) is 28.8. The van der Waals surface area contributed by atoms with Gasteiger partial charge in [-0.25, -0.2) is 8.78 Å². The van der Waals surface area contributed by atoms with Crippen LogP contribution in [0.5, 0.6) is 0 Å². The number of aromatic nitrogens is 2. The lowest BCUT2D eigenvalue weighted by molar-refractivity contribution is -0.119. The van der Waals surface area contributed by atoms with Crippen LogP contribution in [0.2, 0.25) is 0 Å². The zero-order valence-corrected chi connectivity index (χ0v) is 18.9. The smallest absolute Gasteiger partial charge is 0.254 e. The maximum absolute atomic E-state index is 14.3. The van der Waals surface area contributed by atoms with Crippen LogP contribution in [0.15, 0.2) is 48.8 Å². The monoisotopic (exact) mass is 463 g/mol. The second-order valence-corrected chi connectivity index (χ2v) is 8.78. The molecule has 34 heavy (non-hydrogen) atoms. The zero-order valence-electron chi connectivity index (χ0n) is 18.9. The number of anilines is 1. The van der Waals surface area contributed by atoms with Crippen molar-refractivity contribution in [3.05, 3.63) is 82.7 Å². The number of aryl methyl sites for hydroxylation is 1. The molecule has 0 aliphatic carbocycles. The second-order valence-electron chi connectivity index (χ2n) is 8.78. The third-order valence-electron chi connectivity index (χ3n) is 5.70. The van der Waals surface area contributed by atoms with Crippen LogP contribution in [0, 0.1) is 28.9 Å². The molecule has 0 fully saturated rings. The fourth-order valence-corrected chi connectivity index (χ4v) is 4.40. The van der Waals surface area contributed by atoms with Gasteiger partial charge in [-0.15, -0.1) is 0 Å². The molecular weight excluding hydrogens is 440 g/mol. The average Bonchev–Trinajstić information content (AvgIpc) is 3.20. The topological polar surface area (TPSA) is 91.0 Å². The lowest BCUT2D eigenvalue weighted by atomic mass is 9.79. The van der Waals surface area contributed by atoms with Crippen LogP contribution in [-0.4, -0.2) is 33.0 Å². The molecule has 174 valence electrons. The second kappa shape index (κ2) is 9.06. The molecule has 0 saturated heterocycles. The molecular formula is C25H23F2N5O2. The largest absolute Gasteiger partial charge is 0.330 e. The van der Waals surface area contributed by atoms with Crippen molar-refractivity contribution in [2.24, 2.45) is 13.0 Å². The van der Waals surface area contributed by atoms with E-state index in [9.17, 15) is 18.4 Å². The molecule has 4 rings (SSSR count). The molecule has 3 aromatic rings. The van der Waals surface area contributed by atoms with E-state index in [1.807, 2.05) is 19.9 Å². The highest BCUT2D eigenvalue weighted by Gasteiger charge is 2.45. The standard InChI is InChI=1S/C25H23F2N5O2/c1-14(2)12-32-23(16-11-29-31(3)13-16)22(21-9-17(26)4-5-20(21)25(32)34)24(33)30-19-7-15(10-28)6-18(27)8-19/h4-9,11,13-14,22-23H,12H2,1-3H3,(H,30,33). The van der Waals surface area contributed by atoms with Crippen molar-refractivity contribution in [1.29, 1.82) is 5.26 Å². The number of nitrogens with one attached hydrogen (secondary N) is 1. The van der Waals surface area contributed by atoms with E-state index in [-0.39, 0.29) is 34.2 Å². The van der Waals surface area contributed by atoms with Gasteiger partial charge in [0.05, 0.1) is 29.8 Å². The van der Waals surface area contributed by atoms with E-state index >= 15 is 0 Å². The molecule has 2 atom stereocenters. The molecule has 0 radical (unpaired) electrons. The Bertz CT molecular complexity index is 1310. The zero-order chi connectivity index (χ0) is 24.6. The number of amides is 2. The van der Waals surface area contributed by atoms with E-state index in [1.54, 1.807) is 29.0 Å². The lowest BCUT2D eigenvalue weighted by Gasteiger charge is -2.42. The van der Waals surface area contributed by atoms with Crippen molar-refractivity contribution >= 4 is 17.5 Å². The predicted octanol–water partition coefficient (Wildman–Crippen LogP) is 4.15. The summed E-state index contributed by atoms with van der Waals surface area (Å²) in [5, 5.41) is 16.0. The van der Waals surface area contributed by atoms with Crippen molar-refractivity contribution < 1.29 is 18.4 Å². The molecule has 2 heterocycles. The average molecular weight is 463 g/mol. The first-order valence-corrected chi connectivity index (χ1v) is 10.8. The summed E-state index contributed by atoms with van der Waals surface area (Å²) in [7, 11) is 1.72. The molecule has 2 aromatic carbocycles. The summed E-state index contributed by atoms with van der Waals surface area (Å²) >= 11 is 0. The quantitative estimate of drug-likeness (QED) is 0.616. The van der Waals surface area contributed by atoms with Gasteiger partial charge in [0.25, 0.3) is 5.91 Å². The molecule has 1 N–H and O–H groups in total. The molecule has 2 amide bonds. The maximum atomic E-state index is 14.3. The Kier molecular flexibility index (Phi) is 6.16. The minimum absolute atomic E-state index is 0.0470. The van der Waals surface area contributed by atoms with Crippen LogP contribution in [0.25, 0.3) is 0 Å². The highest BCUT2D eigenvalue weighted by molar-refractivity contribution is 6.04. The number of nitrogens with zero attached hydrogens (tertiary/aromatic N) is 4. The van der Waals surface area contributed by atoms with Crippen LogP contribution < -0.4 is 5.32 Å². The predicted molar refractivity (Wildman–Crippen MR) is 121 cm³/mol. The van der Waals surface area contributed by atoms with Gasteiger partial charge in [-0.05, 0) is 47.9 Å². The van der Waals surface area contributed by atoms with Gasteiger partial charge in [0, 0.05) is 36.6 Å². The summed E-state index contributed by atoms with van der Waals surface area (Å²) in [5.41, 5.74) is 1.23. The SMILES string of the molecule is CC(C)CN1C(=O)c2ccc(F)cc2C(C(=O)Nc2cc(F)cc(C#N)c2)C1c1cnn(C)c1. The minimum Gasteiger partial charge on any atom is -0.330 e. The molecule has 1 aliphatic rings. The van der Waals surface area contributed by atoms with Crippen molar-refractivity contribution in [3.8, 4) is 6.07 Å². The molecule has 0 saturated carbocycles. The lowest BCUT2D eigenvalue weighted by Crippen LogP contribution is -2.47. The molecule has 0 spiro atoms. The highest BCUT2D eigenvalue weighted by atomic mass is 19.1. The number of hydrogen-bond donors (Lipinski definition) is 1. The fraction of sp³-hybridized carbons (Fsp3) is 0.280. The van der Waals surface area contributed by atoms with E-state index in [1.165, 1.54) is 24.3 Å². The third-order valence-corrected chi connectivity index (χ3v) is 5.70. The van der Waals surface area contributed by atoms with Crippen LogP contribution in [-0.2, 0) is 11.8 Å². The number of halogens is 2. The van der Waals surface area contributed by atoms with Gasteiger partial charge in [0.1, 0.15) is 11.6 Å². The molecule has 2 unspecified atom stereocenters. The van der Waals surface area contributed by atoms with Crippen molar-refractivity contribution in [1.82, 2.24) is 14.7 Å². The molecule has 9 heteroatoms. The molecule has 1 aliphatic heterocycles. The van der Waals surface area contributed by atoms with Crippen molar-refractivity contribution in [3.63, 3.8) is 0 Å². The summed E-state index contributed by atoms with van der Waals surface area (Å²) in [5.74, 6) is -3.03. The number of carbonyl (C=O) groups is 2. The number of carbonyl (C=O) groups excluding carboxylic acids is 2. The van der Waals surface area contributed by atoms with Gasteiger partial charge in [0.15, 0.2) is 0 Å². The third kappa shape index (κ3) is 4.39. The van der Waals surface area contributed by atoms with Gasteiger partial charge >= 0.3 is 0 Å². The van der Waals surface area contributed by atoms with Gasteiger partial charge in [-0.1, -0.05) is 13.8 Å². The van der Waals surface area contributed by atoms with Gasteiger partial charge in [-0.2, -0.15) is 10.4 Å². The van der Waals surface area contributed by atoms with E-state index < -0.39 is 29.5 Å². The Morgan fingerprint density at radius 1 is 1.21 bits per heavy atom. The van der Waals surface area contributed by atoms with E-state index in [2.05, 4.69) is 10.4 Å². The summed E-state index contributed by atoms with van der Waals surface area (Å²) < 4.78 is 29.9. The van der Waals surface area contributed by atoms with Crippen LogP contribution in [0.3, 0.4) is 0 Å². The maximum Gasteiger partial charge on any atom is 0.254 e. The summed E-state index contributed by atoms with van der Waals surface area (Å²) in [6.07, 6.45) is 3.29. The van der Waals surface area contributed by atoms with Crippen LogP contribution in [0.1, 0.15) is 52.9 Å². The highest BCUT2D eigenvalue weighted by Crippen LogP contribution is 2.44. The number of fused-ring (bicyclic) bond motifs is 1. The number of rotatable bonds is 5. The van der Waals surface area contributed by atoms with Crippen molar-refractivity contribution in [2.75, 3.05) is 11.9 Å². The summed E-state index contributed by atoms with van der Waals surface area (Å²) in [6.45, 7) is 4.27. The molecule has 1 aromatic heterocycles. The molecule has 7 nitrogen and oxygen atoms in total. The first-order valence-electron chi connectivity index (χ1n) is 10.8. The Balaban J connectivity index is 1.86. The fourth-order valence-electron chi connectivity index (χ4n) is 4.40. The first kappa shape index (κ1) is 23.1. The van der Waals surface area contributed by atoms with Gasteiger partial charge in [-0.3, -0.25) is 14.3 Å². The van der Waals surface area contributed by atoms with Crippen LogP contribution in [0.4, 0.5) is 14.5 Å². The van der Waals surface area contributed by atoms with Crippen LogP contribution >= 0.6 is 0 Å². The Hall–Kier alpha value is -4.06. The first-order chi connectivity index (χ1) is 16.2. The number of nitriles is 1. The van der Waals surface area contributed by atoms with E-state index in [4.69, 9.17) is 5.26 Å².